The predicted octanol–water partition coefficient (Wildman–Crippen LogP) is 3.80. The number of para-hydroxylation sites is 1. The molecular formula is C20H20N4O3. The number of benzene rings is 2. The Morgan fingerprint density at radius 3 is 2.33 bits per heavy atom. The van der Waals surface area contributed by atoms with Crippen LogP contribution in [0.1, 0.15) is 15.9 Å². The molecule has 0 spiro atoms. The van der Waals surface area contributed by atoms with E-state index in [1.807, 2.05) is 37.3 Å². The fourth-order valence-corrected chi connectivity index (χ4v) is 2.46. The van der Waals surface area contributed by atoms with Crippen LogP contribution in [0.25, 0.3) is 0 Å². The minimum absolute atomic E-state index is 0.262. The first kappa shape index (κ1) is 18.2. The zero-order valence-corrected chi connectivity index (χ0v) is 15.3. The van der Waals surface area contributed by atoms with E-state index in [-0.39, 0.29) is 5.91 Å². The molecule has 7 nitrogen and oxygen atoms in total. The van der Waals surface area contributed by atoms with Crippen molar-refractivity contribution in [3.05, 3.63) is 66.0 Å². The number of nitrogens with one attached hydrogen (secondary N) is 2. The Labute approximate surface area is 157 Å². The molecule has 0 fully saturated rings. The molecule has 1 aromatic heterocycles. The van der Waals surface area contributed by atoms with Gasteiger partial charge >= 0.3 is 0 Å². The molecule has 3 aromatic rings. The minimum Gasteiger partial charge on any atom is -0.493 e. The molecule has 2 N–H and O–H groups in total. The largest absolute Gasteiger partial charge is 0.493 e. The summed E-state index contributed by atoms with van der Waals surface area (Å²) < 4.78 is 10.5. The number of hydrogen-bond donors (Lipinski definition) is 2. The molecule has 0 aliphatic rings. The highest BCUT2D eigenvalue weighted by Gasteiger charge is 2.10. The van der Waals surface area contributed by atoms with Crippen LogP contribution in [0.2, 0.25) is 0 Å². The third kappa shape index (κ3) is 4.33. The van der Waals surface area contributed by atoms with Crippen molar-refractivity contribution in [3.63, 3.8) is 0 Å². The second-order valence-electron chi connectivity index (χ2n) is 5.76. The molecule has 0 unspecified atom stereocenters. The lowest BCUT2D eigenvalue weighted by atomic mass is 10.2. The summed E-state index contributed by atoms with van der Waals surface area (Å²) in [6, 6.07) is 13.0. The summed E-state index contributed by atoms with van der Waals surface area (Å²) in [5.74, 6) is 1.33. The van der Waals surface area contributed by atoms with Crippen LogP contribution in [0.5, 0.6) is 11.5 Å². The zero-order valence-electron chi connectivity index (χ0n) is 15.3. The van der Waals surface area contributed by atoms with E-state index in [1.54, 1.807) is 26.4 Å². The molecule has 0 saturated carbocycles. The highest BCUT2D eigenvalue weighted by atomic mass is 16.5. The maximum atomic E-state index is 12.3. The predicted molar refractivity (Wildman–Crippen MR) is 104 cm³/mol. The number of hydrogen-bond acceptors (Lipinski definition) is 6. The second-order valence-corrected chi connectivity index (χ2v) is 5.76. The number of nitrogens with zero attached hydrogens (tertiary/aromatic N) is 2. The lowest BCUT2D eigenvalue weighted by molar-refractivity contribution is 0.102. The van der Waals surface area contributed by atoms with Gasteiger partial charge in [0.2, 0.25) is 5.95 Å². The van der Waals surface area contributed by atoms with E-state index < -0.39 is 0 Å². The molecule has 3 rings (SSSR count). The van der Waals surface area contributed by atoms with E-state index in [0.29, 0.717) is 23.0 Å². The lowest BCUT2D eigenvalue weighted by Gasteiger charge is -2.11. The van der Waals surface area contributed by atoms with Crippen LogP contribution in [0, 0.1) is 6.92 Å². The molecule has 0 saturated heterocycles. The van der Waals surface area contributed by atoms with Gasteiger partial charge in [0.25, 0.3) is 5.91 Å². The summed E-state index contributed by atoms with van der Waals surface area (Å²) in [4.78, 5) is 20.8. The van der Waals surface area contributed by atoms with E-state index in [2.05, 4.69) is 20.6 Å². The molecule has 0 aliphatic heterocycles. The average Bonchev–Trinajstić information content (AvgIpc) is 2.70. The molecule has 138 valence electrons. The topological polar surface area (TPSA) is 85.4 Å². The van der Waals surface area contributed by atoms with E-state index >= 15 is 0 Å². The van der Waals surface area contributed by atoms with Crippen molar-refractivity contribution in [2.75, 3.05) is 24.9 Å². The fourth-order valence-electron chi connectivity index (χ4n) is 2.46. The van der Waals surface area contributed by atoms with Crippen LogP contribution in [0.4, 0.5) is 17.3 Å². The second kappa shape index (κ2) is 8.18. The Morgan fingerprint density at radius 1 is 0.963 bits per heavy atom. The molecule has 1 heterocycles. The Bertz CT molecular complexity index is 942. The standard InChI is InChI=1S/C20H20N4O3/c1-13-6-4-5-7-16(13)24-19(25)14-11-21-20(22-12-14)23-15-8-9-17(26-2)18(10-15)27-3/h4-12H,1-3H3,(H,24,25)(H,21,22,23). The monoisotopic (exact) mass is 364 g/mol. The summed E-state index contributed by atoms with van der Waals surface area (Å²) in [6.07, 6.45) is 2.95. The van der Waals surface area contributed by atoms with Crippen molar-refractivity contribution in [1.29, 1.82) is 0 Å². The van der Waals surface area contributed by atoms with Gasteiger partial charge in [0.15, 0.2) is 11.5 Å². The van der Waals surface area contributed by atoms with Gasteiger partial charge in [-0.1, -0.05) is 18.2 Å². The summed E-state index contributed by atoms with van der Waals surface area (Å²) in [6.45, 7) is 1.93. The molecule has 0 aliphatic carbocycles. The minimum atomic E-state index is -0.262. The number of aromatic nitrogens is 2. The van der Waals surface area contributed by atoms with Gasteiger partial charge < -0.3 is 20.1 Å². The van der Waals surface area contributed by atoms with E-state index in [0.717, 1.165) is 16.9 Å². The van der Waals surface area contributed by atoms with Crippen molar-refractivity contribution >= 4 is 23.2 Å². The maximum Gasteiger partial charge on any atom is 0.258 e. The van der Waals surface area contributed by atoms with Crippen molar-refractivity contribution in [2.24, 2.45) is 0 Å². The number of carbonyl (C=O) groups is 1. The number of amides is 1. The van der Waals surface area contributed by atoms with Crippen molar-refractivity contribution in [1.82, 2.24) is 9.97 Å². The third-order valence-electron chi connectivity index (χ3n) is 3.95. The molecule has 0 bridgehead atoms. The van der Waals surface area contributed by atoms with Crippen LogP contribution in [-0.2, 0) is 0 Å². The molecular weight excluding hydrogens is 344 g/mol. The number of methoxy groups -OCH3 is 2. The summed E-state index contributed by atoms with van der Waals surface area (Å²) >= 11 is 0. The van der Waals surface area contributed by atoms with Crippen LogP contribution in [0.3, 0.4) is 0 Å². The SMILES string of the molecule is COc1ccc(Nc2ncc(C(=O)Nc3ccccc3C)cn2)cc1OC. The average molecular weight is 364 g/mol. The maximum absolute atomic E-state index is 12.3. The zero-order chi connectivity index (χ0) is 19.2. The Morgan fingerprint density at radius 2 is 1.67 bits per heavy atom. The van der Waals surface area contributed by atoms with Gasteiger partial charge in [0, 0.05) is 29.8 Å². The molecule has 27 heavy (non-hydrogen) atoms. The van der Waals surface area contributed by atoms with Gasteiger partial charge in [-0.3, -0.25) is 4.79 Å². The van der Waals surface area contributed by atoms with Gasteiger partial charge in [-0.2, -0.15) is 0 Å². The highest BCUT2D eigenvalue weighted by Crippen LogP contribution is 2.30. The fraction of sp³-hybridized carbons (Fsp3) is 0.150. The first-order chi connectivity index (χ1) is 13.1. The quantitative estimate of drug-likeness (QED) is 0.692. The Hall–Kier alpha value is -3.61. The van der Waals surface area contributed by atoms with Crippen LogP contribution in [0.15, 0.2) is 54.9 Å². The van der Waals surface area contributed by atoms with Gasteiger partial charge in [0.1, 0.15) is 0 Å². The van der Waals surface area contributed by atoms with Crippen LogP contribution in [-0.4, -0.2) is 30.1 Å². The van der Waals surface area contributed by atoms with E-state index in [9.17, 15) is 4.79 Å². The lowest BCUT2D eigenvalue weighted by Crippen LogP contribution is -2.13. The van der Waals surface area contributed by atoms with Crippen molar-refractivity contribution in [2.45, 2.75) is 6.92 Å². The number of carbonyl (C=O) groups excluding carboxylic acids is 1. The smallest absolute Gasteiger partial charge is 0.258 e. The Kier molecular flexibility index (Phi) is 5.51. The normalized spacial score (nSPS) is 10.2. The third-order valence-corrected chi connectivity index (χ3v) is 3.95. The molecule has 0 radical (unpaired) electrons. The molecule has 1 amide bonds. The van der Waals surface area contributed by atoms with E-state index in [4.69, 9.17) is 9.47 Å². The number of ether oxygens (including phenoxy) is 2. The molecule has 0 atom stereocenters. The van der Waals surface area contributed by atoms with Gasteiger partial charge in [-0.25, -0.2) is 9.97 Å². The van der Waals surface area contributed by atoms with Crippen molar-refractivity contribution in [3.8, 4) is 11.5 Å². The van der Waals surface area contributed by atoms with E-state index in [1.165, 1.54) is 12.4 Å². The number of aryl methyl sites for hydroxylation is 1. The first-order valence-corrected chi connectivity index (χ1v) is 8.29. The number of anilines is 3. The highest BCUT2D eigenvalue weighted by molar-refractivity contribution is 6.04. The number of rotatable bonds is 6. The summed E-state index contributed by atoms with van der Waals surface area (Å²) in [7, 11) is 3.15. The van der Waals surface area contributed by atoms with Gasteiger partial charge in [0.05, 0.1) is 19.8 Å². The molecule has 2 aromatic carbocycles. The molecule has 7 heteroatoms. The van der Waals surface area contributed by atoms with Gasteiger partial charge in [-0.15, -0.1) is 0 Å². The van der Waals surface area contributed by atoms with Gasteiger partial charge in [-0.05, 0) is 30.7 Å². The van der Waals surface area contributed by atoms with Crippen LogP contribution < -0.4 is 20.1 Å². The summed E-state index contributed by atoms with van der Waals surface area (Å²) in [5.41, 5.74) is 2.86. The van der Waals surface area contributed by atoms with Crippen molar-refractivity contribution < 1.29 is 14.3 Å². The Balaban J connectivity index is 1.70. The summed E-state index contributed by atoms with van der Waals surface area (Å²) in [5, 5.41) is 5.92. The van der Waals surface area contributed by atoms with Crippen LogP contribution >= 0.6 is 0 Å². The first-order valence-electron chi connectivity index (χ1n) is 8.29.